The molecule has 7 nitrogen and oxygen atoms in total. The van der Waals surface area contributed by atoms with Crippen molar-refractivity contribution in [2.45, 2.75) is 31.9 Å². The number of ether oxygens (including phenoxy) is 3. The molecule has 1 aromatic rings. The highest BCUT2D eigenvalue weighted by atomic mass is 16.5. The molecule has 0 aromatic carbocycles. The van der Waals surface area contributed by atoms with Gasteiger partial charge in [0.25, 0.3) is 0 Å². The minimum absolute atomic E-state index is 0.240. The largest absolute Gasteiger partial charge is 0.467 e. The van der Waals surface area contributed by atoms with Crippen LogP contribution < -0.4 is 14.8 Å². The molecule has 18 heavy (non-hydrogen) atoms. The Balaban J connectivity index is 2.07. The Morgan fingerprint density at radius 2 is 1.83 bits per heavy atom. The van der Waals surface area contributed by atoms with Gasteiger partial charge in [0.1, 0.15) is 0 Å². The molecule has 2 unspecified atom stereocenters. The second kappa shape index (κ2) is 5.81. The van der Waals surface area contributed by atoms with Crippen molar-refractivity contribution in [2.75, 3.05) is 26.1 Å². The second-order valence-electron chi connectivity index (χ2n) is 4.18. The van der Waals surface area contributed by atoms with Gasteiger partial charge in [0.05, 0.1) is 20.3 Å². The number of methoxy groups -OCH3 is 2. The molecule has 2 atom stereocenters. The van der Waals surface area contributed by atoms with Crippen LogP contribution in [0.5, 0.6) is 12.0 Å². The molecule has 100 valence electrons. The third-order valence-electron chi connectivity index (χ3n) is 2.78. The molecule has 2 rings (SSSR count). The number of nitrogens with one attached hydrogen (secondary N) is 1. The smallest absolute Gasteiger partial charge is 0.324 e. The van der Waals surface area contributed by atoms with Gasteiger partial charge in [-0.25, -0.2) is 0 Å². The quantitative estimate of drug-likeness (QED) is 0.854. The monoisotopic (exact) mass is 254 g/mol. The van der Waals surface area contributed by atoms with Crippen LogP contribution in [-0.2, 0) is 4.74 Å². The highest BCUT2D eigenvalue weighted by Crippen LogP contribution is 2.18. The van der Waals surface area contributed by atoms with E-state index in [1.54, 1.807) is 0 Å². The molecule has 1 aliphatic rings. The normalized spacial score (nSPS) is 23.5. The van der Waals surface area contributed by atoms with Crippen LogP contribution in [0.3, 0.4) is 0 Å². The summed E-state index contributed by atoms with van der Waals surface area (Å²) in [6.45, 7) is 2.81. The Hall–Kier alpha value is -1.63. The molecule has 0 bridgehead atoms. The Labute approximate surface area is 106 Å². The van der Waals surface area contributed by atoms with Crippen molar-refractivity contribution in [1.29, 1.82) is 0 Å². The highest BCUT2D eigenvalue weighted by molar-refractivity contribution is 5.29. The average Bonchev–Trinajstić information content (AvgIpc) is 2.38. The van der Waals surface area contributed by atoms with E-state index in [2.05, 4.69) is 27.2 Å². The fraction of sp³-hybridized carbons (Fsp3) is 0.727. The van der Waals surface area contributed by atoms with Gasteiger partial charge in [-0.3, -0.25) is 0 Å². The van der Waals surface area contributed by atoms with Crippen LogP contribution in [0.4, 0.5) is 5.95 Å². The van der Waals surface area contributed by atoms with E-state index in [4.69, 9.17) is 14.2 Å². The Kier molecular flexibility index (Phi) is 4.14. The number of hydrogen-bond acceptors (Lipinski definition) is 7. The molecule has 0 saturated carbocycles. The predicted molar refractivity (Wildman–Crippen MR) is 65.0 cm³/mol. The molecule has 1 aliphatic heterocycles. The van der Waals surface area contributed by atoms with Crippen molar-refractivity contribution in [2.24, 2.45) is 0 Å². The Bertz CT molecular complexity index is 380. The molecule has 7 heteroatoms. The number of rotatable bonds is 4. The maximum Gasteiger partial charge on any atom is 0.324 e. The fourth-order valence-electron chi connectivity index (χ4n) is 1.90. The second-order valence-corrected chi connectivity index (χ2v) is 4.18. The maximum atomic E-state index is 5.49. The van der Waals surface area contributed by atoms with E-state index in [0.29, 0.717) is 12.0 Å². The van der Waals surface area contributed by atoms with Crippen molar-refractivity contribution in [3.05, 3.63) is 0 Å². The average molecular weight is 254 g/mol. The van der Waals surface area contributed by atoms with Gasteiger partial charge in [0.15, 0.2) is 0 Å². The Morgan fingerprint density at radius 3 is 2.39 bits per heavy atom. The van der Waals surface area contributed by atoms with Crippen LogP contribution in [0, 0.1) is 0 Å². The van der Waals surface area contributed by atoms with E-state index in [0.717, 1.165) is 19.4 Å². The first-order valence-electron chi connectivity index (χ1n) is 5.93. The summed E-state index contributed by atoms with van der Waals surface area (Å²) in [5, 5.41) is 3.26. The summed E-state index contributed by atoms with van der Waals surface area (Å²) < 4.78 is 15.5. The SMILES string of the molecule is COc1nc(NC2CCOC(C)C2)nc(OC)n1. The van der Waals surface area contributed by atoms with Crippen LogP contribution in [-0.4, -0.2) is 47.9 Å². The van der Waals surface area contributed by atoms with Crippen molar-refractivity contribution in [3.63, 3.8) is 0 Å². The van der Waals surface area contributed by atoms with E-state index in [1.165, 1.54) is 14.2 Å². The summed E-state index contributed by atoms with van der Waals surface area (Å²) in [4.78, 5) is 12.2. The molecule has 0 amide bonds. The molecule has 1 N–H and O–H groups in total. The molecule has 1 fully saturated rings. The van der Waals surface area contributed by atoms with Crippen LogP contribution in [0.15, 0.2) is 0 Å². The summed E-state index contributed by atoms with van der Waals surface area (Å²) in [5.74, 6) is 0.470. The highest BCUT2D eigenvalue weighted by Gasteiger charge is 2.20. The first-order chi connectivity index (χ1) is 8.71. The lowest BCUT2D eigenvalue weighted by molar-refractivity contribution is 0.0231. The van der Waals surface area contributed by atoms with E-state index in [9.17, 15) is 0 Å². The minimum Gasteiger partial charge on any atom is -0.467 e. The van der Waals surface area contributed by atoms with Crippen molar-refractivity contribution < 1.29 is 14.2 Å². The summed E-state index contributed by atoms with van der Waals surface area (Å²) >= 11 is 0. The summed E-state index contributed by atoms with van der Waals surface area (Å²) in [6.07, 6.45) is 2.11. The van der Waals surface area contributed by atoms with Gasteiger partial charge in [-0.15, -0.1) is 4.98 Å². The van der Waals surface area contributed by atoms with Gasteiger partial charge < -0.3 is 19.5 Å². The molecular weight excluding hydrogens is 236 g/mol. The van der Waals surface area contributed by atoms with E-state index < -0.39 is 0 Å². The zero-order valence-electron chi connectivity index (χ0n) is 10.8. The first kappa shape index (κ1) is 12.8. The van der Waals surface area contributed by atoms with Gasteiger partial charge in [0.2, 0.25) is 5.95 Å². The Morgan fingerprint density at radius 1 is 1.17 bits per heavy atom. The van der Waals surface area contributed by atoms with E-state index in [-0.39, 0.29) is 18.1 Å². The van der Waals surface area contributed by atoms with Crippen LogP contribution in [0.2, 0.25) is 0 Å². The van der Waals surface area contributed by atoms with Crippen LogP contribution >= 0.6 is 0 Å². The van der Waals surface area contributed by atoms with Crippen molar-refractivity contribution in [1.82, 2.24) is 15.0 Å². The lowest BCUT2D eigenvalue weighted by Gasteiger charge is -2.27. The molecular formula is C11H18N4O3. The van der Waals surface area contributed by atoms with Gasteiger partial charge in [-0.1, -0.05) is 0 Å². The summed E-state index contributed by atoms with van der Waals surface area (Å²) in [7, 11) is 3.02. The first-order valence-corrected chi connectivity index (χ1v) is 5.93. The van der Waals surface area contributed by atoms with E-state index >= 15 is 0 Å². The molecule has 1 aromatic heterocycles. The van der Waals surface area contributed by atoms with Gasteiger partial charge >= 0.3 is 12.0 Å². The number of hydrogen-bond donors (Lipinski definition) is 1. The zero-order chi connectivity index (χ0) is 13.0. The maximum absolute atomic E-state index is 5.49. The van der Waals surface area contributed by atoms with Gasteiger partial charge in [0, 0.05) is 12.6 Å². The molecule has 2 heterocycles. The fourth-order valence-corrected chi connectivity index (χ4v) is 1.90. The summed E-state index contributed by atoms with van der Waals surface area (Å²) in [6, 6.07) is 0.777. The molecule has 1 saturated heterocycles. The number of anilines is 1. The molecule has 0 aliphatic carbocycles. The summed E-state index contributed by atoms with van der Waals surface area (Å²) in [5.41, 5.74) is 0. The van der Waals surface area contributed by atoms with Crippen molar-refractivity contribution >= 4 is 5.95 Å². The standard InChI is InChI=1S/C11H18N4O3/c1-7-6-8(4-5-18-7)12-9-13-10(16-2)15-11(14-9)17-3/h7-8H,4-6H2,1-3H3,(H,12,13,14,15). The molecule has 0 spiro atoms. The lowest BCUT2D eigenvalue weighted by Crippen LogP contribution is -2.33. The third kappa shape index (κ3) is 3.19. The van der Waals surface area contributed by atoms with Gasteiger partial charge in [-0.05, 0) is 19.8 Å². The third-order valence-corrected chi connectivity index (χ3v) is 2.78. The van der Waals surface area contributed by atoms with Crippen molar-refractivity contribution in [3.8, 4) is 12.0 Å². The lowest BCUT2D eigenvalue weighted by atomic mass is 10.0. The minimum atomic E-state index is 0.240. The van der Waals surface area contributed by atoms with Crippen LogP contribution in [0.25, 0.3) is 0 Å². The number of nitrogens with zero attached hydrogens (tertiary/aromatic N) is 3. The van der Waals surface area contributed by atoms with Gasteiger partial charge in [-0.2, -0.15) is 9.97 Å². The predicted octanol–water partition coefficient (Wildman–Crippen LogP) is 0.868. The van der Waals surface area contributed by atoms with Crippen LogP contribution in [0.1, 0.15) is 19.8 Å². The van der Waals surface area contributed by atoms with E-state index in [1.807, 2.05) is 0 Å². The number of aromatic nitrogens is 3. The topological polar surface area (TPSA) is 78.4 Å². The zero-order valence-corrected chi connectivity index (χ0v) is 10.8. The molecule has 0 radical (unpaired) electrons.